The second-order valence-electron chi connectivity index (χ2n) is 4.00. The van der Waals surface area contributed by atoms with Gasteiger partial charge in [-0.1, -0.05) is 11.6 Å². The van der Waals surface area contributed by atoms with Gasteiger partial charge in [-0.25, -0.2) is 4.98 Å². The molecule has 0 atom stereocenters. The van der Waals surface area contributed by atoms with Crippen molar-refractivity contribution in [3.05, 3.63) is 40.2 Å². The first kappa shape index (κ1) is 12.7. The minimum atomic E-state index is 0.201. The molecule has 0 aliphatic rings. The van der Waals surface area contributed by atoms with Crippen molar-refractivity contribution in [3.8, 4) is 6.07 Å². The second kappa shape index (κ2) is 4.96. The number of hydrogen-bond donors (Lipinski definition) is 2. The van der Waals surface area contributed by atoms with E-state index in [1.165, 1.54) is 11.3 Å². The summed E-state index contributed by atoms with van der Waals surface area (Å²) in [5, 5.41) is 15.2. The van der Waals surface area contributed by atoms with Gasteiger partial charge in [0.2, 0.25) is 5.95 Å². The van der Waals surface area contributed by atoms with E-state index in [2.05, 4.69) is 15.3 Å². The van der Waals surface area contributed by atoms with Crippen molar-refractivity contribution >= 4 is 50.6 Å². The lowest BCUT2D eigenvalue weighted by atomic mass is 10.2. The Labute approximate surface area is 123 Å². The minimum Gasteiger partial charge on any atom is -0.368 e. The van der Waals surface area contributed by atoms with Gasteiger partial charge in [0, 0.05) is 0 Å². The predicted molar refractivity (Wildman–Crippen MR) is 81.3 cm³/mol. The normalized spacial score (nSPS) is 10.4. The van der Waals surface area contributed by atoms with E-state index in [9.17, 15) is 0 Å². The van der Waals surface area contributed by atoms with Crippen molar-refractivity contribution in [2.45, 2.75) is 0 Å². The highest BCUT2D eigenvalue weighted by Gasteiger charge is 2.09. The third-order valence-electron chi connectivity index (χ3n) is 2.69. The first-order valence-electron chi connectivity index (χ1n) is 5.65. The summed E-state index contributed by atoms with van der Waals surface area (Å²) in [7, 11) is 0. The number of thiophene rings is 1. The van der Waals surface area contributed by atoms with Crippen LogP contribution in [-0.2, 0) is 0 Å². The molecule has 0 unspecified atom stereocenters. The van der Waals surface area contributed by atoms with Crippen LogP contribution in [0.15, 0.2) is 29.6 Å². The van der Waals surface area contributed by atoms with Crippen LogP contribution < -0.4 is 11.1 Å². The number of fused-ring (bicyclic) bond motifs is 1. The van der Waals surface area contributed by atoms with Crippen molar-refractivity contribution in [2.24, 2.45) is 0 Å². The number of rotatable bonds is 2. The maximum Gasteiger partial charge on any atom is 0.223 e. The smallest absolute Gasteiger partial charge is 0.223 e. The van der Waals surface area contributed by atoms with Gasteiger partial charge in [-0.2, -0.15) is 10.2 Å². The summed E-state index contributed by atoms with van der Waals surface area (Å²) in [5.74, 6) is 0.799. The second-order valence-corrected chi connectivity index (χ2v) is 5.30. The molecule has 0 amide bonds. The van der Waals surface area contributed by atoms with Crippen LogP contribution in [-0.4, -0.2) is 9.97 Å². The van der Waals surface area contributed by atoms with Crippen molar-refractivity contribution in [3.63, 3.8) is 0 Å². The van der Waals surface area contributed by atoms with E-state index >= 15 is 0 Å². The molecule has 3 aromatic rings. The topological polar surface area (TPSA) is 87.6 Å². The molecule has 0 aliphatic heterocycles. The fourth-order valence-electron chi connectivity index (χ4n) is 1.78. The van der Waals surface area contributed by atoms with Crippen LogP contribution in [0.25, 0.3) is 10.2 Å². The van der Waals surface area contributed by atoms with Crippen molar-refractivity contribution < 1.29 is 0 Å². The first-order chi connectivity index (χ1) is 9.67. The molecule has 0 radical (unpaired) electrons. The Hall–Kier alpha value is -2.36. The van der Waals surface area contributed by atoms with Crippen LogP contribution in [0.1, 0.15) is 5.56 Å². The largest absolute Gasteiger partial charge is 0.368 e. The zero-order valence-corrected chi connectivity index (χ0v) is 11.7. The van der Waals surface area contributed by atoms with Gasteiger partial charge in [0.1, 0.15) is 10.6 Å². The monoisotopic (exact) mass is 301 g/mol. The lowest BCUT2D eigenvalue weighted by molar-refractivity contribution is 1.24. The maximum absolute atomic E-state index is 8.83. The average molecular weight is 302 g/mol. The molecule has 2 heterocycles. The Morgan fingerprint density at radius 2 is 2.15 bits per heavy atom. The van der Waals surface area contributed by atoms with Crippen LogP contribution in [0.2, 0.25) is 5.02 Å². The molecule has 3 N–H and O–H groups in total. The SMILES string of the molecule is N#Cc1ccc(Nc2nc(N)nc3sccc23)c(Cl)c1. The van der Waals surface area contributed by atoms with Gasteiger partial charge >= 0.3 is 0 Å². The Bertz CT molecular complexity index is 836. The fraction of sp³-hybridized carbons (Fsp3) is 0. The van der Waals surface area contributed by atoms with Crippen LogP contribution in [0.3, 0.4) is 0 Å². The summed E-state index contributed by atoms with van der Waals surface area (Å²) < 4.78 is 0. The van der Waals surface area contributed by atoms with Gasteiger partial charge < -0.3 is 11.1 Å². The Morgan fingerprint density at radius 1 is 1.30 bits per heavy atom. The lowest BCUT2D eigenvalue weighted by Crippen LogP contribution is -2.00. The fourth-order valence-corrected chi connectivity index (χ4v) is 2.78. The number of halogens is 1. The zero-order chi connectivity index (χ0) is 14.1. The van der Waals surface area contributed by atoms with Gasteiger partial charge in [-0.15, -0.1) is 11.3 Å². The number of nitrogens with two attached hydrogens (primary N) is 1. The zero-order valence-electron chi connectivity index (χ0n) is 10.1. The molecule has 0 bridgehead atoms. The highest BCUT2D eigenvalue weighted by Crippen LogP contribution is 2.31. The summed E-state index contributed by atoms with van der Waals surface area (Å²) >= 11 is 7.63. The van der Waals surface area contributed by atoms with E-state index in [0.29, 0.717) is 22.1 Å². The predicted octanol–water partition coefficient (Wildman–Crippen LogP) is 3.54. The maximum atomic E-state index is 8.83. The van der Waals surface area contributed by atoms with Gasteiger partial charge in [0.15, 0.2) is 0 Å². The third-order valence-corrected chi connectivity index (χ3v) is 3.81. The number of nitrogens with zero attached hydrogens (tertiary/aromatic N) is 3. The molecule has 0 aliphatic carbocycles. The van der Waals surface area contributed by atoms with Crippen molar-refractivity contribution in [2.75, 3.05) is 11.1 Å². The average Bonchev–Trinajstić information content (AvgIpc) is 2.89. The summed E-state index contributed by atoms with van der Waals surface area (Å²) in [5.41, 5.74) is 6.86. The van der Waals surface area contributed by atoms with E-state index in [1.807, 2.05) is 17.5 Å². The Morgan fingerprint density at radius 3 is 2.90 bits per heavy atom. The van der Waals surface area contributed by atoms with Crippen LogP contribution in [0, 0.1) is 11.3 Å². The van der Waals surface area contributed by atoms with Crippen LogP contribution in [0.4, 0.5) is 17.5 Å². The molecule has 0 spiro atoms. The summed E-state index contributed by atoms with van der Waals surface area (Å²) in [6.45, 7) is 0. The number of benzene rings is 1. The highest BCUT2D eigenvalue weighted by atomic mass is 35.5. The van der Waals surface area contributed by atoms with Crippen LogP contribution >= 0.6 is 22.9 Å². The van der Waals surface area contributed by atoms with Gasteiger partial charge in [0.25, 0.3) is 0 Å². The molecule has 0 fully saturated rings. The molecule has 1 aromatic carbocycles. The van der Waals surface area contributed by atoms with E-state index in [-0.39, 0.29) is 5.95 Å². The van der Waals surface area contributed by atoms with Crippen molar-refractivity contribution in [1.29, 1.82) is 5.26 Å². The van der Waals surface area contributed by atoms with E-state index in [1.54, 1.807) is 18.2 Å². The summed E-state index contributed by atoms with van der Waals surface area (Å²) in [6.07, 6.45) is 0. The van der Waals surface area contributed by atoms with Crippen molar-refractivity contribution in [1.82, 2.24) is 9.97 Å². The lowest BCUT2D eigenvalue weighted by Gasteiger charge is -2.09. The molecule has 2 aromatic heterocycles. The number of hydrogen-bond acceptors (Lipinski definition) is 6. The highest BCUT2D eigenvalue weighted by molar-refractivity contribution is 7.16. The van der Waals surface area contributed by atoms with Gasteiger partial charge in [-0.05, 0) is 29.6 Å². The van der Waals surface area contributed by atoms with E-state index in [0.717, 1.165) is 10.2 Å². The standard InChI is InChI=1S/C13H8ClN5S/c14-9-5-7(6-15)1-2-10(9)17-11-8-3-4-20-12(8)19-13(16)18-11/h1-5H,(H3,16,17,18,19). The Kier molecular flexibility index (Phi) is 3.14. The molecular weight excluding hydrogens is 294 g/mol. The molecule has 5 nitrogen and oxygen atoms in total. The third kappa shape index (κ3) is 2.25. The minimum absolute atomic E-state index is 0.201. The van der Waals surface area contributed by atoms with Gasteiger partial charge in [-0.3, -0.25) is 0 Å². The molecular formula is C13H8ClN5S. The number of anilines is 3. The summed E-state index contributed by atoms with van der Waals surface area (Å²) in [4.78, 5) is 9.16. The molecule has 0 saturated carbocycles. The first-order valence-corrected chi connectivity index (χ1v) is 6.90. The number of nitrogens with one attached hydrogen (secondary N) is 1. The molecule has 20 heavy (non-hydrogen) atoms. The number of aromatic nitrogens is 2. The van der Waals surface area contributed by atoms with Crippen LogP contribution in [0.5, 0.6) is 0 Å². The number of nitrogen functional groups attached to an aromatic ring is 1. The van der Waals surface area contributed by atoms with E-state index in [4.69, 9.17) is 22.6 Å². The quantitative estimate of drug-likeness (QED) is 0.756. The molecule has 0 saturated heterocycles. The summed E-state index contributed by atoms with van der Waals surface area (Å²) in [6, 6.07) is 8.97. The van der Waals surface area contributed by atoms with E-state index < -0.39 is 0 Å². The van der Waals surface area contributed by atoms with Gasteiger partial charge in [0.05, 0.1) is 27.7 Å². The molecule has 3 rings (SSSR count). The Balaban J connectivity index is 2.05. The molecule has 7 heteroatoms. The molecule has 98 valence electrons. The number of nitriles is 1.